The molecular weight excluding hydrogens is 182 g/mol. The molecule has 0 nitrogen and oxygen atoms in total. The standard InChI is InChI=1S/2FH.2Fe.H2S/h2*1H;;;1H2/q;;;+3;/p-3. The molecule has 0 atom stereocenters. The smallest absolute Gasteiger partial charge is 0 e. The van der Waals surface area contributed by atoms with Crippen molar-refractivity contribution < 1.29 is 40.0 Å². The Morgan fingerprint density at radius 1 is 1.20 bits per heavy atom. The summed E-state index contributed by atoms with van der Waals surface area (Å²) in [6.07, 6.45) is 0. The zero-order valence-corrected chi connectivity index (χ0v) is 5.01. The SMILES string of the molecule is [F][Fe+][F].[Fe].[SH-]. The number of rotatable bonds is 0. The second kappa shape index (κ2) is 18.7. The molecule has 0 unspecified atom stereocenters. The molecule has 5 heavy (non-hydrogen) atoms. The third kappa shape index (κ3) is 35.5. The second-order valence-corrected chi connectivity index (χ2v) is 0.208. The fourth-order valence-electron chi connectivity index (χ4n) is 0. The van der Waals surface area contributed by atoms with E-state index in [1.807, 2.05) is 0 Å². The first-order valence-corrected chi connectivity index (χ1v) is 1.10. The Morgan fingerprint density at radius 3 is 1.20 bits per heavy atom. The maximum absolute atomic E-state index is 9.62. The van der Waals surface area contributed by atoms with Crippen molar-refractivity contribution in [1.29, 1.82) is 0 Å². The predicted octanol–water partition coefficient (Wildman–Crippen LogP) is 0.565. The third-order valence-corrected chi connectivity index (χ3v) is 0. The number of hydrogen-bond donors (Lipinski definition) is 0. The summed E-state index contributed by atoms with van der Waals surface area (Å²) >= 11 is -1.75. The molecule has 0 aliphatic heterocycles. The van der Waals surface area contributed by atoms with Gasteiger partial charge in [-0.05, 0) is 0 Å². The van der Waals surface area contributed by atoms with Crippen molar-refractivity contribution in [2.45, 2.75) is 0 Å². The molecule has 0 heterocycles. The summed E-state index contributed by atoms with van der Waals surface area (Å²) in [5.74, 6) is 0. The van der Waals surface area contributed by atoms with Gasteiger partial charge in [-0.3, -0.25) is 0 Å². The van der Waals surface area contributed by atoms with Gasteiger partial charge in [-0.25, -0.2) is 0 Å². The molecule has 0 spiro atoms. The minimum atomic E-state index is -1.75. The van der Waals surface area contributed by atoms with E-state index < -0.39 is 15.9 Å². The van der Waals surface area contributed by atoms with E-state index in [-0.39, 0.29) is 30.6 Å². The Bertz CT molecular complexity index is 7.61. The monoisotopic (exact) mass is 183 g/mol. The van der Waals surface area contributed by atoms with Crippen molar-refractivity contribution in [1.82, 2.24) is 0 Å². The molecular formula is HF2Fe2S. The first-order valence-electron chi connectivity index (χ1n) is 0.267. The number of thiol groups is 1. The van der Waals surface area contributed by atoms with Crippen LogP contribution in [0.3, 0.4) is 0 Å². The number of halogens is 2. The Labute approximate surface area is 53.7 Å². The van der Waals surface area contributed by atoms with Crippen molar-refractivity contribution in [2.75, 3.05) is 0 Å². The zero-order valence-electron chi connectivity index (χ0n) is 1.91. The van der Waals surface area contributed by atoms with E-state index in [1.54, 1.807) is 0 Å². The van der Waals surface area contributed by atoms with Crippen molar-refractivity contribution in [3.8, 4) is 0 Å². The Kier molecular flexibility index (Phi) is 61.1. The summed E-state index contributed by atoms with van der Waals surface area (Å²) in [7, 11) is 0. The quantitative estimate of drug-likeness (QED) is 0.300. The van der Waals surface area contributed by atoms with Crippen LogP contribution in [0.5, 0.6) is 0 Å². The molecule has 0 saturated carbocycles. The molecule has 0 fully saturated rings. The van der Waals surface area contributed by atoms with Gasteiger partial charge in [-0.15, -0.1) is 0 Å². The van der Waals surface area contributed by atoms with Crippen LogP contribution >= 0.6 is 0 Å². The van der Waals surface area contributed by atoms with E-state index in [4.69, 9.17) is 0 Å². The van der Waals surface area contributed by atoms with E-state index in [2.05, 4.69) is 0 Å². The molecule has 0 aliphatic rings. The normalized spacial score (nSPS) is 3.60. The van der Waals surface area contributed by atoms with Crippen molar-refractivity contribution in [3.63, 3.8) is 0 Å². The van der Waals surface area contributed by atoms with Crippen LogP contribution in [0, 0.1) is 0 Å². The third-order valence-electron chi connectivity index (χ3n) is 0. The molecule has 37 valence electrons. The Balaban J connectivity index is -0.0000000200. The molecule has 0 rings (SSSR count). The first-order chi connectivity index (χ1) is 1.41. The van der Waals surface area contributed by atoms with Crippen molar-refractivity contribution in [2.24, 2.45) is 0 Å². The fourth-order valence-corrected chi connectivity index (χ4v) is 0. The molecule has 0 aromatic heterocycles. The van der Waals surface area contributed by atoms with Crippen LogP contribution in [-0.2, 0) is 46.4 Å². The molecule has 0 saturated heterocycles. The van der Waals surface area contributed by atoms with Crippen molar-refractivity contribution >= 4 is 13.5 Å². The van der Waals surface area contributed by atoms with Gasteiger partial charge in [0, 0.05) is 17.1 Å². The Morgan fingerprint density at radius 2 is 1.20 bits per heavy atom. The van der Waals surface area contributed by atoms with E-state index >= 15 is 0 Å². The van der Waals surface area contributed by atoms with Crippen LogP contribution < -0.4 is 0 Å². The molecule has 0 aromatic rings. The second-order valence-electron chi connectivity index (χ2n) is 0.0505. The summed E-state index contributed by atoms with van der Waals surface area (Å²) in [5.41, 5.74) is 0. The van der Waals surface area contributed by atoms with E-state index in [0.29, 0.717) is 0 Å². The van der Waals surface area contributed by atoms with Gasteiger partial charge in [0.1, 0.15) is 0 Å². The molecule has 5 heteroatoms. The van der Waals surface area contributed by atoms with Gasteiger partial charge in [0.25, 0.3) is 0 Å². The average molecular weight is 183 g/mol. The molecule has 0 N–H and O–H groups in total. The minimum Gasteiger partial charge on any atom is -0.813 e. The summed E-state index contributed by atoms with van der Waals surface area (Å²) < 4.78 is 19.2. The van der Waals surface area contributed by atoms with Gasteiger partial charge in [0.2, 0.25) is 0 Å². The molecule has 0 aromatic carbocycles. The molecule has 0 aliphatic carbocycles. The zero-order chi connectivity index (χ0) is 2.71. The summed E-state index contributed by atoms with van der Waals surface area (Å²) in [6.45, 7) is 0. The topological polar surface area (TPSA) is 0 Å². The summed E-state index contributed by atoms with van der Waals surface area (Å²) in [6, 6.07) is 0. The van der Waals surface area contributed by atoms with Gasteiger partial charge in [0.15, 0.2) is 0 Å². The average Bonchev–Trinajstić information content (AvgIpc) is 0.918. The molecule has 0 bridgehead atoms. The summed E-state index contributed by atoms with van der Waals surface area (Å²) in [5, 5.41) is 0. The number of hydrogen-bond acceptors (Lipinski definition) is 1. The maximum Gasteiger partial charge on any atom is 0 e. The first kappa shape index (κ1) is 16.3. The largest absolute Gasteiger partial charge is 0.813 e. The van der Waals surface area contributed by atoms with Crippen LogP contribution in [0.15, 0.2) is 0 Å². The predicted molar refractivity (Wildman–Crippen MR) is 11.0 cm³/mol. The van der Waals surface area contributed by atoms with E-state index in [1.165, 1.54) is 0 Å². The molecule has 0 amide bonds. The van der Waals surface area contributed by atoms with Gasteiger partial charge in [-0.1, -0.05) is 0 Å². The van der Waals surface area contributed by atoms with Gasteiger partial charge >= 0.3 is 23.0 Å². The molecule has 0 radical (unpaired) electrons. The maximum atomic E-state index is 9.62. The van der Waals surface area contributed by atoms with Crippen LogP contribution in [0.1, 0.15) is 0 Å². The van der Waals surface area contributed by atoms with Crippen LogP contribution in [0.2, 0.25) is 0 Å². The summed E-state index contributed by atoms with van der Waals surface area (Å²) in [4.78, 5) is 0. The van der Waals surface area contributed by atoms with E-state index in [0.717, 1.165) is 0 Å². The minimum absolute atomic E-state index is 0. The van der Waals surface area contributed by atoms with Gasteiger partial charge in [-0.2, -0.15) is 0 Å². The van der Waals surface area contributed by atoms with E-state index in [9.17, 15) is 7.10 Å². The van der Waals surface area contributed by atoms with Crippen LogP contribution in [0.25, 0.3) is 0 Å². The fraction of sp³-hybridized carbons (Fsp3) is 0. The van der Waals surface area contributed by atoms with Gasteiger partial charge in [0.05, 0.1) is 0 Å². The van der Waals surface area contributed by atoms with Crippen LogP contribution in [-0.4, -0.2) is 0 Å². The van der Waals surface area contributed by atoms with Crippen molar-refractivity contribution in [3.05, 3.63) is 0 Å². The van der Waals surface area contributed by atoms with Crippen LogP contribution in [0.4, 0.5) is 7.10 Å². The van der Waals surface area contributed by atoms with Gasteiger partial charge < -0.3 is 13.5 Å². The Hall–Kier alpha value is 1.25.